The van der Waals surface area contributed by atoms with E-state index in [0.717, 1.165) is 19.2 Å². The summed E-state index contributed by atoms with van der Waals surface area (Å²) in [5.41, 5.74) is 5.42. The van der Waals surface area contributed by atoms with Gasteiger partial charge in [-0.3, -0.25) is 14.9 Å². The smallest absolute Gasteiger partial charge is 0.419 e. The minimum Gasteiger partial charge on any atom is -0.468 e. The number of alkyl halides is 3. The number of benzene rings is 2. The summed E-state index contributed by atoms with van der Waals surface area (Å²) < 4.78 is 55.4. The normalized spacial score (nSPS) is 16.8. The molecule has 0 radical (unpaired) electrons. The van der Waals surface area contributed by atoms with Crippen LogP contribution in [0.5, 0.6) is 11.5 Å². The van der Waals surface area contributed by atoms with Gasteiger partial charge in [0, 0.05) is 6.42 Å². The van der Waals surface area contributed by atoms with E-state index in [2.05, 4.69) is 4.74 Å². The van der Waals surface area contributed by atoms with E-state index in [4.69, 9.17) is 15.2 Å². The predicted molar refractivity (Wildman–Crippen MR) is 104 cm³/mol. The molecule has 1 fully saturated rings. The molecule has 2 aromatic rings. The second kappa shape index (κ2) is 9.27. The molecule has 1 saturated heterocycles. The Bertz CT molecular complexity index is 1020. The van der Waals surface area contributed by atoms with Gasteiger partial charge in [-0.25, -0.2) is 4.79 Å². The first-order valence-electron chi connectivity index (χ1n) is 9.38. The molecule has 0 aromatic heterocycles. The van der Waals surface area contributed by atoms with Crippen LogP contribution in [0.1, 0.15) is 16.7 Å². The molecule has 1 aliphatic heterocycles. The Morgan fingerprint density at radius 3 is 2.38 bits per heavy atom. The van der Waals surface area contributed by atoms with Crippen molar-refractivity contribution in [3.63, 3.8) is 0 Å². The fourth-order valence-corrected chi connectivity index (χ4v) is 3.07. The highest BCUT2D eigenvalue weighted by Crippen LogP contribution is 2.39. The van der Waals surface area contributed by atoms with Gasteiger partial charge in [0.15, 0.2) is 6.10 Å². The number of ether oxygens (including phenoxy) is 3. The Hall–Kier alpha value is -3.60. The number of nitrogens with one attached hydrogen (secondary N) is 1. The largest absolute Gasteiger partial charge is 0.468 e. The van der Waals surface area contributed by atoms with Gasteiger partial charge < -0.3 is 19.9 Å². The van der Waals surface area contributed by atoms with Crippen LogP contribution in [0, 0.1) is 0 Å². The number of imide groups is 1. The summed E-state index contributed by atoms with van der Waals surface area (Å²) in [6.07, 6.45) is -6.52. The molecule has 2 aromatic carbocycles. The highest BCUT2D eigenvalue weighted by Gasteiger charge is 2.35. The van der Waals surface area contributed by atoms with Gasteiger partial charge in [-0.1, -0.05) is 18.2 Å². The summed E-state index contributed by atoms with van der Waals surface area (Å²) in [5, 5.41) is 2.01. The van der Waals surface area contributed by atoms with E-state index in [1.165, 1.54) is 18.2 Å². The van der Waals surface area contributed by atoms with E-state index in [9.17, 15) is 27.6 Å². The van der Waals surface area contributed by atoms with Crippen LogP contribution in [0.2, 0.25) is 0 Å². The molecule has 0 bridgehead atoms. The molecule has 170 valence electrons. The van der Waals surface area contributed by atoms with Crippen LogP contribution in [0.3, 0.4) is 0 Å². The third-order valence-electron chi connectivity index (χ3n) is 4.65. The highest BCUT2D eigenvalue weighted by molar-refractivity contribution is 6.00. The van der Waals surface area contributed by atoms with Gasteiger partial charge in [0.1, 0.15) is 17.5 Å². The first-order chi connectivity index (χ1) is 15.1. The quantitative estimate of drug-likeness (QED) is 0.621. The Labute approximate surface area is 180 Å². The van der Waals surface area contributed by atoms with Crippen LogP contribution in [-0.4, -0.2) is 37.2 Å². The lowest BCUT2D eigenvalue weighted by molar-refractivity contribution is -0.142. The van der Waals surface area contributed by atoms with Gasteiger partial charge in [-0.2, -0.15) is 13.2 Å². The maximum atomic E-state index is 13.6. The van der Waals surface area contributed by atoms with Crippen molar-refractivity contribution in [2.75, 3.05) is 7.11 Å². The number of cyclic esters (lactones) is 1. The summed E-state index contributed by atoms with van der Waals surface area (Å²) in [6.45, 7) is 0. The summed E-state index contributed by atoms with van der Waals surface area (Å²) >= 11 is 0. The zero-order valence-electron chi connectivity index (χ0n) is 16.8. The Kier molecular flexibility index (Phi) is 6.68. The van der Waals surface area contributed by atoms with E-state index in [1.54, 1.807) is 12.1 Å². The fraction of sp³-hybridized carbons (Fsp3) is 0.286. The zero-order chi connectivity index (χ0) is 23.5. The maximum absolute atomic E-state index is 13.6. The maximum Gasteiger partial charge on any atom is 0.419 e. The number of hydrogen-bond donors (Lipinski definition) is 2. The lowest BCUT2D eigenvalue weighted by Gasteiger charge is -2.16. The van der Waals surface area contributed by atoms with Crippen molar-refractivity contribution >= 4 is 18.0 Å². The number of alkyl carbamates (subject to hydrolysis) is 1. The van der Waals surface area contributed by atoms with Gasteiger partial charge in [0.25, 0.3) is 5.91 Å². The van der Waals surface area contributed by atoms with Crippen LogP contribution >= 0.6 is 0 Å². The summed E-state index contributed by atoms with van der Waals surface area (Å²) in [4.78, 5) is 34.1. The standard InChI is InChI=1S/C21H19F3N2O6/c1-30-19(28)15(25)9-12-4-7-16(14(8-12)21(22,23)24)31-13-5-2-11(3-6-13)10-17-18(27)26-20(29)32-17/h2-8,15,17H,9-10,25H2,1H3,(H,26,27,29). The number of hydrogen-bond acceptors (Lipinski definition) is 7. The lowest BCUT2D eigenvalue weighted by atomic mass is 10.0. The fourth-order valence-electron chi connectivity index (χ4n) is 3.07. The topological polar surface area (TPSA) is 117 Å². The minimum absolute atomic E-state index is 0.112. The van der Waals surface area contributed by atoms with Crippen LogP contribution < -0.4 is 15.8 Å². The van der Waals surface area contributed by atoms with E-state index in [1.807, 2.05) is 5.32 Å². The van der Waals surface area contributed by atoms with Crippen molar-refractivity contribution < 1.29 is 41.8 Å². The second-order valence-corrected chi connectivity index (χ2v) is 7.00. The van der Waals surface area contributed by atoms with Gasteiger partial charge in [0.2, 0.25) is 0 Å². The number of carbonyl (C=O) groups is 3. The first kappa shape index (κ1) is 23.1. The third-order valence-corrected chi connectivity index (χ3v) is 4.65. The van der Waals surface area contributed by atoms with Crippen molar-refractivity contribution in [2.24, 2.45) is 5.73 Å². The molecule has 3 rings (SSSR count). The van der Waals surface area contributed by atoms with Crippen molar-refractivity contribution in [3.05, 3.63) is 59.2 Å². The van der Waals surface area contributed by atoms with Crippen molar-refractivity contribution in [1.29, 1.82) is 0 Å². The molecule has 0 aliphatic carbocycles. The molecule has 32 heavy (non-hydrogen) atoms. The summed E-state index contributed by atoms with van der Waals surface area (Å²) in [5.74, 6) is -1.59. The van der Waals surface area contributed by atoms with E-state index < -0.39 is 47.6 Å². The molecule has 2 unspecified atom stereocenters. The van der Waals surface area contributed by atoms with Crippen LogP contribution in [0.4, 0.5) is 18.0 Å². The van der Waals surface area contributed by atoms with E-state index in [-0.39, 0.29) is 24.2 Å². The van der Waals surface area contributed by atoms with Gasteiger partial charge in [-0.15, -0.1) is 0 Å². The Morgan fingerprint density at radius 2 is 1.81 bits per heavy atom. The number of nitrogens with two attached hydrogens (primary N) is 1. The average molecular weight is 452 g/mol. The molecule has 11 heteroatoms. The summed E-state index contributed by atoms with van der Waals surface area (Å²) in [7, 11) is 1.14. The second-order valence-electron chi connectivity index (χ2n) is 7.00. The molecule has 3 N–H and O–H groups in total. The average Bonchev–Trinajstić information content (AvgIpc) is 3.05. The van der Waals surface area contributed by atoms with Crippen LogP contribution in [0.15, 0.2) is 42.5 Å². The molecule has 8 nitrogen and oxygen atoms in total. The summed E-state index contributed by atoms with van der Waals surface area (Å²) in [6, 6.07) is 8.28. The van der Waals surface area contributed by atoms with E-state index in [0.29, 0.717) is 5.56 Å². The van der Waals surface area contributed by atoms with Crippen molar-refractivity contribution in [2.45, 2.75) is 31.2 Å². The monoisotopic (exact) mass is 452 g/mol. The molecule has 1 heterocycles. The predicted octanol–water partition coefficient (Wildman–Crippen LogP) is 2.72. The molecule has 0 spiro atoms. The van der Waals surface area contributed by atoms with Gasteiger partial charge >= 0.3 is 18.2 Å². The molecule has 0 saturated carbocycles. The zero-order valence-corrected chi connectivity index (χ0v) is 16.8. The van der Waals surface area contributed by atoms with Crippen LogP contribution in [0.25, 0.3) is 0 Å². The number of carbonyl (C=O) groups excluding carboxylic acids is 3. The number of rotatable bonds is 7. The Balaban J connectivity index is 1.75. The third kappa shape index (κ3) is 5.55. The van der Waals surface area contributed by atoms with Crippen molar-refractivity contribution in [1.82, 2.24) is 5.32 Å². The van der Waals surface area contributed by atoms with E-state index >= 15 is 0 Å². The Morgan fingerprint density at radius 1 is 1.16 bits per heavy atom. The number of esters is 1. The number of amides is 2. The number of methoxy groups -OCH3 is 1. The molecular formula is C21H19F3N2O6. The van der Waals surface area contributed by atoms with Crippen LogP contribution in [-0.2, 0) is 38.1 Å². The SMILES string of the molecule is COC(=O)C(N)Cc1ccc(Oc2ccc(CC3OC(=O)NC3=O)cc2)c(C(F)(F)F)c1. The molecular weight excluding hydrogens is 433 g/mol. The molecule has 2 atom stereocenters. The lowest BCUT2D eigenvalue weighted by Crippen LogP contribution is -2.33. The van der Waals surface area contributed by atoms with Gasteiger partial charge in [-0.05, 0) is 41.8 Å². The first-order valence-corrected chi connectivity index (χ1v) is 9.38. The molecule has 1 aliphatic rings. The van der Waals surface area contributed by atoms with Gasteiger partial charge in [0.05, 0.1) is 12.7 Å². The molecule has 2 amide bonds. The number of halogens is 3. The highest BCUT2D eigenvalue weighted by atomic mass is 19.4. The van der Waals surface area contributed by atoms with Crippen molar-refractivity contribution in [3.8, 4) is 11.5 Å². The minimum atomic E-state index is -4.71.